The van der Waals surface area contributed by atoms with Gasteiger partial charge < -0.3 is 9.64 Å². The molecule has 0 saturated carbocycles. The van der Waals surface area contributed by atoms with E-state index in [1.54, 1.807) is 30.6 Å². The van der Waals surface area contributed by atoms with E-state index in [1.807, 2.05) is 11.0 Å². The highest BCUT2D eigenvalue weighted by atomic mass is 79.9. The number of pyridine rings is 1. The first-order valence-electron chi connectivity index (χ1n) is 8.38. The van der Waals surface area contributed by atoms with E-state index < -0.39 is 5.60 Å². The van der Waals surface area contributed by atoms with E-state index in [2.05, 4.69) is 36.8 Å². The summed E-state index contributed by atoms with van der Waals surface area (Å²) in [6.07, 6.45) is 4.86. The second-order valence-electron chi connectivity index (χ2n) is 6.68. The fourth-order valence-corrected chi connectivity index (χ4v) is 4.89. The van der Waals surface area contributed by atoms with Gasteiger partial charge in [-0.1, -0.05) is 15.9 Å². The molecule has 1 fully saturated rings. The molecule has 1 saturated heterocycles. The number of likely N-dealkylation sites (tertiary alicyclic amines) is 1. The predicted molar refractivity (Wildman–Crippen MR) is 104 cm³/mol. The van der Waals surface area contributed by atoms with Crippen LogP contribution in [0.5, 0.6) is 5.75 Å². The van der Waals surface area contributed by atoms with Gasteiger partial charge in [0.1, 0.15) is 11.4 Å². The molecule has 0 atom stereocenters. The Labute approximate surface area is 168 Å². The van der Waals surface area contributed by atoms with Crippen LogP contribution in [0.25, 0.3) is 0 Å². The smallest absolute Gasteiger partial charge is 0.253 e. The second kappa shape index (κ2) is 6.78. The molecule has 1 aromatic carbocycles. The minimum atomic E-state index is -0.532. The molecule has 0 radical (unpaired) electrons. The molecule has 3 heterocycles. The fraction of sp³-hybridized carbons (Fsp3) is 0.316. The number of benzene rings is 1. The Morgan fingerprint density at radius 3 is 2.54 bits per heavy atom. The molecule has 5 nitrogen and oxygen atoms in total. The summed E-state index contributed by atoms with van der Waals surface area (Å²) in [5.74, 6) is 0.690. The number of hydrogen-bond donors (Lipinski definition) is 0. The Hall–Kier alpha value is -1.73. The number of halogens is 2. The number of Topliss-reactive ketones (excluding diaryl/α,β-unsaturated/α-hetero) is 1. The van der Waals surface area contributed by atoms with Crippen LogP contribution >= 0.6 is 31.9 Å². The van der Waals surface area contributed by atoms with Crippen LogP contribution in [0.1, 0.15) is 40.0 Å². The first-order chi connectivity index (χ1) is 12.5. The average molecular weight is 480 g/mol. The molecule has 26 heavy (non-hydrogen) atoms. The Balaban J connectivity index is 1.52. The average Bonchev–Trinajstić information content (AvgIpc) is 2.64. The molecule has 1 aromatic heterocycles. The summed E-state index contributed by atoms with van der Waals surface area (Å²) in [5.41, 5.74) is 0.705. The van der Waals surface area contributed by atoms with Crippen LogP contribution in [0, 0.1) is 0 Å². The fourth-order valence-electron chi connectivity index (χ4n) is 3.58. The van der Waals surface area contributed by atoms with Crippen LogP contribution in [0.15, 0.2) is 45.6 Å². The quantitative estimate of drug-likeness (QED) is 0.613. The van der Waals surface area contributed by atoms with E-state index in [4.69, 9.17) is 4.74 Å². The van der Waals surface area contributed by atoms with Gasteiger partial charge in [0.2, 0.25) is 0 Å². The van der Waals surface area contributed by atoms with Gasteiger partial charge >= 0.3 is 0 Å². The lowest BCUT2D eigenvalue weighted by Crippen LogP contribution is -2.52. The minimum Gasteiger partial charge on any atom is -0.485 e. The van der Waals surface area contributed by atoms with Gasteiger partial charge in [-0.05, 0) is 40.2 Å². The third-order valence-electron chi connectivity index (χ3n) is 5.00. The molecule has 1 spiro atoms. The molecule has 0 aliphatic carbocycles. The monoisotopic (exact) mass is 478 g/mol. The summed E-state index contributed by atoms with van der Waals surface area (Å²) in [4.78, 5) is 31.1. The number of carbonyl (C=O) groups is 2. The summed E-state index contributed by atoms with van der Waals surface area (Å²) in [6.45, 7) is 1.13. The summed E-state index contributed by atoms with van der Waals surface area (Å²) < 4.78 is 7.92. The Morgan fingerprint density at radius 2 is 1.85 bits per heavy atom. The zero-order valence-corrected chi connectivity index (χ0v) is 17.0. The van der Waals surface area contributed by atoms with Crippen molar-refractivity contribution in [3.05, 3.63) is 56.7 Å². The van der Waals surface area contributed by atoms with Crippen molar-refractivity contribution >= 4 is 43.6 Å². The van der Waals surface area contributed by atoms with Crippen molar-refractivity contribution in [2.45, 2.75) is 24.9 Å². The van der Waals surface area contributed by atoms with Gasteiger partial charge in [-0.25, -0.2) is 0 Å². The van der Waals surface area contributed by atoms with Crippen LogP contribution in [0.3, 0.4) is 0 Å². The molecule has 7 heteroatoms. The van der Waals surface area contributed by atoms with Gasteiger partial charge in [-0.15, -0.1) is 0 Å². The molecule has 0 unspecified atom stereocenters. The van der Waals surface area contributed by atoms with E-state index in [-0.39, 0.29) is 11.7 Å². The van der Waals surface area contributed by atoms with E-state index >= 15 is 0 Å². The molecule has 2 aliphatic heterocycles. The number of aromatic nitrogens is 1. The van der Waals surface area contributed by atoms with E-state index in [0.29, 0.717) is 49.2 Å². The van der Waals surface area contributed by atoms with Crippen molar-refractivity contribution in [1.29, 1.82) is 0 Å². The number of ether oxygens (including phenoxy) is 1. The normalized spacial score (nSPS) is 18.4. The van der Waals surface area contributed by atoms with E-state index in [1.165, 1.54) is 0 Å². The van der Waals surface area contributed by atoms with Crippen molar-refractivity contribution in [2.75, 3.05) is 13.1 Å². The SMILES string of the molecule is O=C1CC2(CCN(C(=O)c3ccncc3)CC2)Oc2c(Br)cc(Br)cc21. The maximum atomic E-state index is 12.7. The topological polar surface area (TPSA) is 59.5 Å². The van der Waals surface area contributed by atoms with Crippen molar-refractivity contribution < 1.29 is 14.3 Å². The zero-order valence-electron chi connectivity index (χ0n) is 13.9. The number of rotatable bonds is 1. The number of amides is 1. The Morgan fingerprint density at radius 1 is 1.15 bits per heavy atom. The zero-order chi connectivity index (χ0) is 18.3. The number of nitrogens with zero attached hydrogens (tertiary/aromatic N) is 2. The van der Waals surface area contributed by atoms with Crippen molar-refractivity contribution in [2.24, 2.45) is 0 Å². The van der Waals surface area contributed by atoms with Gasteiger partial charge in [0.05, 0.1) is 16.5 Å². The maximum Gasteiger partial charge on any atom is 0.253 e. The summed E-state index contributed by atoms with van der Waals surface area (Å²) in [6, 6.07) is 7.13. The molecule has 4 rings (SSSR count). The van der Waals surface area contributed by atoms with Crippen molar-refractivity contribution in [3.63, 3.8) is 0 Å². The largest absolute Gasteiger partial charge is 0.485 e. The standard InChI is InChI=1S/C19H16Br2N2O3/c20-13-9-14-16(24)11-19(26-17(14)15(21)10-13)3-7-23(8-4-19)18(25)12-1-5-22-6-2-12/h1-2,5-6,9-10H,3-4,7-8,11H2. The van der Waals surface area contributed by atoms with Crippen LogP contribution < -0.4 is 4.74 Å². The van der Waals surface area contributed by atoms with Gasteiger partial charge in [0, 0.05) is 48.4 Å². The summed E-state index contributed by atoms with van der Waals surface area (Å²) in [5, 5.41) is 0. The molecule has 134 valence electrons. The molecule has 2 aliphatic rings. The van der Waals surface area contributed by atoms with Gasteiger partial charge in [-0.2, -0.15) is 0 Å². The van der Waals surface area contributed by atoms with Crippen molar-refractivity contribution in [3.8, 4) is 5.75 Å². The van der Waals surface area contributed by atoms with Gasteiger partial charge in [-0.3, -0.25) is 14.6 Å². The number of piperidine rings is 1. The van der Waals surface area contributed by atoms with Crippen LogP contribution in [-0.4, -0.2) is 40.3 Å². The van der Waals surface area contributed by atoms with Crippen LogP contribution in [0.2, 0.25) is 0 Å². The predicted octanol–water partition coefficient (Wildman–Crippen LogP) is 4.25. The number of carbonyl (C=O) groups excluding carboxylic acids is 2. The van der Waals surface area contributed by atoms with Gasteiger partial charge in [0.25, 0.3) is 5.91 Å². The lowest BCUT2D eigenvalue weighted by molar-refractivity contribution is -0.00623. The van der Waals surface area contributed by atoms with Crippen LogP contribution in [0.4, 0.5) is 0 Å². The van der Waals surface area contributed by atoms with Crippen molar-refractivity contribution in [1.82, 2.24) is 9.88 Å². The summed E-state index contributed by atoms with van der Waals surface area (Å²) >= 11 is 6.91. The Bertz CT molecular complexity index is 878. The lowest BCUT2D eigenvalue weighted by Gasteiger charge is -2.44. The first-order valence-corrected chi connectivity index (χ1v) is 9.97. The number of hydrogen-bond acceptors (Lipinski definition) is 4. The molecular weight excluding hydrogens is 464 g/mol. The summed E-state index contributed by atoms with van der Waals surface area (Å²) in [7, 11) is 0. The highest BCUT2D eigenvalue weighted by Crippen LogP contribution is 2.44. The molecule has 0 N–H and O–H groups in total. The van der Waals surface area contributed by atoms with Gasteiger partial charge in [0.15, 0.2) is 5.78 Å². The lowest BCUT2D eigenvalue weighted by atomic mass is 9.82. The third kappa shape index (κ3) is 3.18. The molecule has 0 bridgehead atoms. The highest BCUT2D eigenvalue weighted by molar-refractivity contribution is 9.11. The van der Waals surface area contributed by atoms with E-state index in [9.17, 15) is 9.59 Å². The molecular formula is C19H16Br2N2O3. The minimum absolute atomic E-state index is 0.00472. The number of fused-ring (bicyclic) bond motifs is 1. The molecule has 2 aromatic rings. The molecule has 1 amide bonds. The third-order valence-corrected chi connectivity index (χ3v) is 6.05. The second-order valence-corrected chi connectivity index (χ2v) is 8.45. The number of ketones is 1. The maximum absolute atomic E-state index is 12.7. The first kappa shape index (κ1) is 17.7. The Kier molecular flexibility index (Phi) is 4.61. The van der Waals surface area contributed by atoms with E-state index in [0.717, 1.165) is 8.95 Å². The van der Waals surface area contributed by atoms with Crippen LogP contribution in [-0.2, 0) is 0 Å². The highest BCUT2D eigenvalue weighted by Gasteiger charge is 2.44.